The highest BCUT2D eigenvalue weighted by atomic mass is 35.5. The van der Waals surface area contributed by atoms with Crippen molar-refractivity contribution in [1.82, 2.24) is 25.0 Å². The maximum atomic E-state index is 13.8. The third-order valence-corrected chi connectivity index (χ3v) is 9.58. The number of hydrogen-bond acceptors (Lipinski definition) is 7. The van der Waals surface area contributed by atoms with Crippen LogP contribution in [0.3, 0.4) is 0 Å². The maximum absolute atomic E-state index is 13.8. The first-order valence-corrected chi connectivity index (χ1v) is 17.0. The minimum absolute atomic E-state index is 0.0178. The highest BCUT2D eigenvalue weighted by Crippen LogP contribution is 2.42. The van der Waals surface area contributed by atoms with Crippen LogP contribution in [0.2, 0.25) is 5.02 Å². The molecule has 0 amide bonds. The lowest BCUT2D eigenvalue weighted by atomic mass is 9.95. The lowest BCUT2D eigenvalue weighted by molar-refractivity contribution is 0.0362. The second-order valence-electron chi connectivity index (χ2n) is 12.2. The summed E-state index contributed by atoms with van der Waals surface area (Å²) in [5, 5.41) is 11.6. The molecule has 3 aromatic carbocycles. The lowest BCUT2D eigenvalue weighted by Gasteiger charge is -2.28. The van der Waals surface area contributed by atoms with Gasteiger partial charge in [0.2, 0.25) is 0 Å². The molecular weight excluding hydrogens is 633 g/mol. The zero-order chi connectivity index (χ0) is 33.8. The van der Waals surface area contributed by atoms with Gasteiger partial charge in [0.1, 0.15) is 17.3 Å². The van der Waals surface area contributed by atoms with Crippen molar-refractivity contribution in [1.29, 1.82) is 0 Å². The second kappa shape index (κ2) is 15.1. The summed E-state index contributed by atoms with van der Waals surface area (Å²) in [4.78, 5) is 19.2. The van der Waals surface area contributed by atoms with Crippen LogP contribution in [0, 0.1) is 12.7 Å². The van der Waals surface area contributed by atoms with Crippen molar-refractivity contribution in [2.45, 2.75) is 39.2 Å². The number of hydrogen-bond donors (Lipinski definition) is 2. The molecule has 1 aliphatic heterocycles. The number of aromatic nitrogens is 3. The van der Waals surface area contributed by atoms with Gasteiger partial charge in [0.05, 0.1) is 48.7 Å². The molecule has 3 heterocycles. The van der Waals surface area contributed by atoms with E-state index < -0.39 is 5.97 Å². The Balaban J connectivity index is 1.33. The number of nitrogens with one attached hydrogen (secondary N) is 2. The number of fused-ring (bicyclic) bond motifs is 2. The number of aryl methyl sites for hydroxylation is 2. The average Bonchev–Trinajstić information content (AvgIpc) is 3.60. The van der Waals surface area contributed by atoms with Crippen LogP contribution in [-0.2, 0) is 22.9 Å². The Labute approximate surface area is 285 Å². The minimum atomic E-state index is -0.412. The van der Waals surface area contributed by atoms with Crippen molar-refractivity contribution < 1.29 is 23.4 Å². The Kier molecular flexibility index (Phi) is 10.7. The van der Waals surface area contributed by atoms with Gasteiger partial charge in [-0.3, -0.25) is 9.58 Å². The van der Waals surface area contributed by atoms with Gasteiger partial charge in [0.15, 0.2) is 0 Å². The van der Waals surface area contributed by atoms with Gasteiger partial charge in [-0.15, -0.1) is 0 Å². The van der Waals surface area contributed by atoms with Crippen molar-refractivity contribution in [2.24, 2.45) is 7.05 Å². The minimum Gasteiger partial charge on any atom is -0.493 e. The molecule has 0 aliphatic carbocycles. The molecule has 2 aromatic heterocycles. The second-order valence-corrected chi connectivity index (χ2v) is 12.6. The molecule has 0 spiro atoms. The van der Waals surface area contributed by atoms with Gasteiger partial charge in [-0.25, -0.2) is 9.18 Å². The van der Waals surface area contributed by atoms with E-state index in [0.29, 0.717) is 35.9 Å². The van der Waals surface area contributed by atoms with E-state index in [9.17, 15) is 9.18 Å². The molecule has 254 valence electrons. The zero-order valence-electron chi connectivity index (χ0n) is 28.0. The van der Waals surface area contributed by atoms with E-state index in [1.165, 1.54) is 12.1 Å². The molecule has 1 atom stereocenters. The molecular formula is C37H43ClFN5O4. The molecule has 0 saturated carbocycles. The molecule has 11 heteroatoms. The molecule has 9 nitrogen and oxygen atoms in total. The maximum Gasteiger partial charge on any atom is 0.355 e. The largest absolute Gasteiger partial charge is 0.493 e. The number of rotatable bonds is 13. The van der Waals surface area contributed by atoms with Crippen LogP contribution in [0.5, 0.6) is 5.75 Å². The Morgan fingerprint density at radius 1 is 1.15 bits per heavy atom. The number of aromatic amines is 1. The van der Waals surface area contributed by atoms with E-state index in [4.69, 9.17) is 30.9 Å². The zero-order valence-corrected chi connectivity index (χ0v) is 28.8. The van der Waals surface area contributed by atoms with Gasteiger partial charge in [0.25, 0.3) is 0 Å². The molecule has 0 bridgehead atoms. The lowest BCUT2D eigenvalue weighted by Crippen LogP contribution is -2.38. The summed E-state index contributed by atoms with van der Waals surface area (Å²) in [6.45, 7) is 8.77. The van der Waals surface area contributed by atoms with Gasteiger partial charge in [-0.05, 0) is 81.4 Å². The fraction of sp³-hybridized carbons (Fsp3) is 0.405. The highest BCUT2D eigenvalue weighted by molar-refractivity contribution is 6.35. The van der Waals surface area contributed by atoms with Crippen molar-refractivity contribution >= 4 is 39.2 Å². The Morgan fingerprint density at radius 3 is 2.71 bits per heavy atom. The van der Waals surface area contributed by atoms with Crippen LogP contribution >= 0.6 is 11.6 Å². The summed E-state index contributed by atoms with van der Waals surface area (Å²) < 4.78 is 32.9. The van der Waals surface area contributed by atoms with E-state index in [1.807, 2.05) is 56.0 Å². The first kappa shape index (κ1) is 33.9. The Hall–Kier alpha value is -3.96. The summed E-state index contributed by atoms with van der Waals surface area (Å²) in [5.41, 5.74) is 5.70. The third kappa shape index (κ3) is 6.94. The highest BCUT2D eigenvalue weighted by Gasteiger charge is 2.28. The Morgan fingerprint density at radius 2 is 1.94 bits per heavy atom. The summed E-state index contributed by atoms with van der Waals surface area (Å²) in [6.07, 6.45) is 2.06. The monoisotopic (exact) mass is 675 g/mol. The van der Waals surface area contributed by atoms with Crippen LogP contribution < -0.4 is 10.1 Å². The number of ether oxygens (including phenoxy) is 3. The predicted octanol–water partition coefficient (Wildman–Crippen LogP) is 6.99. The van der Waals surface area contributed by atoms with E-state index in [-0.39, 0.29) is 18.5 Å². The van der Waals surface area contributed by atoms with E-state index in [0.717, 1.165) is 89.0 Å². The molecule has 1 fully saturated rings. The summed E-state index contributed by atoms with van der Waals surface area (Å²) in [7, 11) is 3.91. The fourth-order valence-electron chi connectivity index (χ4n) is 6.70. The molecule has 1 unspecified atom stereocenters. The van der Waals surface area contributed by atoms with Crippen LogP contribution in [-0.4, -0.2) is 78.7 Å². The first-order chi connectivity index (χ1) is 23.3. The molecule has 1 saturated heterocycles. The van der Waals surface area contributed by atoms with Gasteiger partial charge in [-0.1, -0.05) is 29.8 Å². The number of H-pyrrole nitrogens is 1. The molecule has 2 N–H and O–H groups in total. The molecule has 1 aliphatic rings. The first-order valence-electron chi connectivity index (χ1n) is 16.6. The number of halogens is 2. The molecule has 48 heavy (non-hydrogen) atoms. The Bertz CT molecular complexity index is 1920. The summed E-state index contributed by atoms with van der Waals surface area (Å²) in [6, 6.07) is 14.1. The van der Waals surface area contributed by atoms with Crippen molar-refractivity contribution in [3.05, 3.63) is 82.0 Å². The molecule has 6 rings (SSSR count). The summed E-state index contributed by atoms with van der Waals surface area (Å²) >= 11 is 7.03. The predicted molar refractivity (Wildman–Crippen MR) is 188 cm³/mol. The SMILES string of the molecule is CCOC(=O)c1[nH]c2c(-c3c(C(CCN4CCOCC4)NC)nn(C)c3C)c(Cl)ccc2c1CCCOc1cccc2cc(F)ccc12. The smallest absolute Gasteiger partial charge is 0.355 e. The van der Waals surface area contributed by atoms with Gasteiger partial charge >= 0.3 is 5.97 Å². The standard InChI is InChI=1S/C37H43ClFN5O4/c1-5-47-37(45)35-27(9-7-19-48-31-10-6-8-24-22-25(39)11-12-26(24)31)28-13-14-29(38)33(34(28)41-35)32-23(2)43(4)42-36(32)30(40-3)15-16-44-17-20-46-21-18-44/h6,8,10-14,22,30,40-41H,5,7,9,15-21H2,1-4H3. The number of morpholine rings is 1. The van der Waals surface area contributed by atoms with Crippen LogP contribution in [0.1, 0.15) is 53.2 Å². The molecule has 0 radical (unpaired) electrons. The van der Waals surface area contributed by atoms with E-state index in [2.05, 4.69) is 15.2 Å². The van der Waals surface area contributed by atoms with Crippen LogP contribution in [0.25, 0.3) is 32.8 Å². The number of carbonyl (C=O) groups excluding carboxylic acids is 1. The van der Waals surface area contributed by atoms with E-state index in [1.54, 1.807) is 13.0 Å². The third-order valence-electron chi connectivity index (χ3n) is 9.27. The normalized spacial score (nSPS) is 14.5. The number of benzene rings is 3. The number of esters is 1. The topological polar surface area (TPSA) is 93.6 Å². The molecule has 5 aromatic rings. The summed E-state index contributed by atoms with van der Waals surface area (Å²) in [5.74, 6) is -0.00376. The van der Waals surface area contributed by atoms with Crippen LogP contribution in [0.15, 0.2) is 48.5 Å². The van der Waals surface area contributed by atoms with Crippen molar-refractivity contribution in [3.63, 3.8) is 0 Å². The van der Waals surface area contributed by atoms with Gasteiger partial charge in [0, 0.05) is 54.3 Å². The quantitative estimate of drug-likeness (QED) is 0.103. The van der Waals surface area contributed by atoms with E-state index >= 15 is 0 Å². The van der Waals surface area contributed by atoms with Crippen molar-refractivity contribution in [3.8, 4) is 16.9 Å². The van der Waals surface area contributed by atoms with Gasteiger partial charge < -0.3 is 24.5 Å². The number of nitrogens with zero attached hydrogens (tertiary/aromatic N) is 3. The van der Waals surface area contributed by atoms with Crippen LogP contribution in [0.4, 0.5) is 4.39 Å². The fourth-order valence-corrected chi connectivity index (χ4v) is 6.95. The average molecular weight is 676 g/mol. The van der Waals surface area contributed by atoms with Crippen molar-refractivity contribution in [2.75, 3.05) is 53.1 Å². The van der Waals surface area contributed by atoms with Gasteiger partial charge in [-0.2, -0.15) is 5.10 Å². The number of carbonyl (C=O) groups is 1.